The maximum atomic E-state index is 12.2. The fraction of sp³-hybridized carbons (Fsp3) is 0.929. The van der Waals surface area contributed by atoms with E-state index in [0.29, 0.717) is 5.41 Å². The van der Waals surface area contributed by atoms with Crippen molar-refractivity contribution in [3.63, 3.8) is 0 Å². The third-order valence-electron chi connectivity index (χ3n) is 4.45. The SMILES string of the molecule is CC(C)(C)C1CCCN(C(=O)C2(N)CC2)CC1. The first-order chi connectivity index (χ1) is 7.83. The highest BCUT2D eigenvalue weighted by molar-refractivity contribution is 5.89. The molecular weight excluding hydrogens is 212 g/mol. The maximum absolute atomic E-state index is 12.2. The summed E-state index contributed by atoms with van der Waals surface area (Å²) in [4.78, 5) is 14.2. The van der Waals surface area contributed by atoms with Crippen molar-refractivity contribution in [3.05, 3.63) is 0 Å². The zero-order valence-electron chi connectivity index (χ0n) is 11.5. The lowest BCUT2D eigenvalue weighted by atomic mass is 9.77. The highest BCUT2D eigenvalue weighted by atomic mass is 16.2. The Morgan fingerprint density at radius 3 is 2.41 bits per heavy atom. The Kier molecular flexibility index (Phi) is 3.23. The van der Waals surface area contributed by atoms with Crippen LogP contribution in [-0.2, 0) is 4.79 Å². The van der Waals surface area contributed by atoms with E-state index in [1.54, 1.807) is 0 Å². The van der Waals surface area contributed by atoms with Crippen molar-refractivity contribution in [1.82, 2.24) is 4.90 Å². The van der Waals surface area contributed by atoms with Crippen LogP contribution in [0.5, 0.6) is 0 Å². The van der Waals surface area contributed by atoms with Crippen LogP contribution in [0.4, 0.5) is 0 Å². The Morgan fingerprint density at radius 2 is 1.88 bits per heavy atom. The minimum atomic E-state index is -0.485. The summed E-state index contributed by atoms with van der Waals surface area (Å²) in [7, 11) is 0. The molecule has 98 valence electrons. The van der Waals surface area contributed by atoms with Gasteiger partial charge < -0.3 is 10.6 Å². The maximum Gasteiger partial charge on any atom is 0.242 e. The Labute approximate surface area is 105 Å². The van der Waals surface area contributed by atoms with E-state index in [9.17, 15) is 4.79 Å². The van der Waals surface area contributed by atoms with E-state index in [2.05, 4.69) is 20.8 Å². The second-order valence-electron chi connectivity index (χ2n) is 6.94. The molecular formula is C14H26N2O. The summed E-state index contributed by atoms with van der Waals surface area (Å²) < 4.78 is 0. The average molecular weight is 238 g/mol. The summed E-state index contributed by atoms with van der Waals surface area (Å²) >= 11 is 0. The highest BCUT2D eigenvalue weighted by Crippen LogP contribution is 2.37. The van der Waals surface area contributed by atoms with Gasteiger partial charge in [-0.25, -0.2) is 0 Å². The molecule has 3 nitrogen and oxygen atoms in total. The van der Waals surface area contributed by atoms with Gasteiger partial charge in [-0.15, -0.1) is 0 Å². The van der Waals surface area contributed by atoms with E-state index in [1.807, 2.05) is 4.90 Å². The van der Waals surface area contributed by atoms with Crippen molar-refractivity contribution in [2.75, 3.05) is 13.1 Å². The predicted octanol–water partition coefficient (Wildman–Crippen LogP) is 2.15. The van der Waals surface area contributed by atoms with Crippen molar-refractivity contribution < 1.29 is 4.79 Å². The number of nitrogens with two attached hydrogens (primary N) is 1. The number of hydrogen-bond acceptors (Lipinski definition) is 2. The molecule has 1 atom stereocenters. The van der Waals surface area contributed by atoms with Gasteiger partial charge in [0.25, 0.3) is 0 Å². The largest absolute Gasteiger partial charge is 0.341 e. The molecule has 0 aromatic rings. The molecule has 1 aliphatic carbocycles. The van der Waals surface area contributed by atoms with Gasteiger partial charge in [0, 0.05) is 13.1 Å². The topological polar surface area (TPSA) is 46.3 Å². The summed E-state index contributed by atoms with van der Waals surface area (Å²) in [5, 5.41) is 0. The Bertz CT molecular complexity index is 302. The van der Waals surface area contributed by atoms with Gasteiger partial charge >= 0.3 is 0 Å². The summed E-state index contributed by atoms with van der Waals surface area (Å²) in [6, 6.07) is 0. The molecule has 1 amide bonds. The smallest absolute Gasteiger partial charge is 0.242 e. The fourth-order valence-corrected chi connectivity index (χ4v) is 2.83. The second-order valence-corrected chi connectivity index (χ2v) is 6.94. The van der Waals surface area contributed by atoms with Crippen molar-refractivity contribution in [1.29, 1.82) is 0 Å². The second kappa shape index (κ2) is 4.27. The van der Waals surface area contributed by atoms with Crippen LogP contribution >= 0.6 is 0 Å². The number of likely N-dealkylation sites (tertiary alicyclic amines) is 1. The molecule has 2 N–H and O–H groups in total. The third-order valence-corrected chi connectivity index (χ3v) is 4.45. The lowest BCUT2D eigenvalue weighted by molar-refractivity contribution is -0.133. The van der Waals surface area contributed by atoms with E-state index in [-0.39, 0.29) is 5.91 Å². The number of nitrogens with zero attached hydrogens (tertiary/aromatic N) is 1. The van der Waals surface area contributed by atoms with E-state index in [1.165, 1.54) is 6.42 Å². The molecule has 1 saturated carbocycles. The predicted molar refractivity (Wildman–Crippen MR) is 69.5 cm³/mol. The molecule has 0 spiro atoms. The van der Waals surface area contributed by atoms with Crippen LogP contribution in [-0.4, -0.2) is 29.4 Å². The van der Waals surface area contributed by atoms with Crippen LogP contribution in [0, 0.1) is 11.3 Å². The highest BCUT2D eigenvalue weighted by Gasteiger charge is 2.48. The van der Waals surface area contributed by atoms with E-state index >= 15 is 0 Å². The van der Waals surface area contributed by atoms with Gasteiger partial charge in [-0.1, -0.05) is 20.8 Å². The summed E-state index contributed by atoms with van der Waals surface area (Å²) in [6.07, 6.45) is 5.26. The van der Waals surface area contributed by atoms with Crippen LogP contribution in [0.3, 0.4) is 0 Å². The average Bonchev–Trinajstić information content (AvgIpc) is 2.99. The van der Waals surface area contributed by atoms with Gasteiger partial charge in [0.2, 0.25) is 5.91 Å². The number of rotatable bonds is 1. The zero-order valence-corrected chi connectivity index (χ0v) is 11.5. The first kappa shape index (κ1) is 12.9. The quantitative estimate of drug-likeness (QED) is 0.761. The molecule has 1 heterocycles. The number of hydrogen-bond donors (Lipinski definition) is 1. The molecule has 17 heavy (non-hydrogen) atoms. The van der Waals surface area contributed by atoms with Crippen LogP contribution in [0.2, 0.25) is 0 Å². The summed E-state index contributed by atoms with van der Waals surface area (Å²) in [5.41, 5.74) is 5.88. The molecule has 2 fully saturated rings. The minimum Gasteiger partial charge on any atom is -0.341 e. The summed E-state index contributed by atoms with van der Waals surface area (Å²) in [6.45, 7) is 8.73. The monoisotopic (exact) mass is 238 g/mol. The normalized spacial score (nSPS) is 28.7. The van der Waals surface area contributed by atoms with Crippen LogP contribution in [0.15, 0.2) is 0 Å². The minimum absolute atomic E-state index is 0.201. The zero-order chi connectivity index (χ0) is 12.7. The van der Waals surface area contributed by atoms with Gasteiger partial charge in [0.1, 0.15) is 0 Å². The lowest BCUT2D eigenvalue weighted by Gasteiger charge is -2.30. The fourth-order valence-electron chi connectivity index (χ4n) is 2.83. The van der Waals surface area contributed by atoms with Crippen molar-refractivity contribution >= 4 is 5.91 Å². The van der Waals surface area contributed by atoms with E-state index in [4.69, 9.17) is 5.73 Å². The van der Waals surface area contributed by atoms with E-state index in [0.717, 1.165) is 44.7 Å². The van der Waals surface area contributed by atoms with Gasteiger partial charge in [-0.2, -0.15) is 0 Å². The molecule has 1 saturated heterocycles. The molecule has 1 unspecified atom stereocenters. The third kappa shape index (κ3) is 2.82. The first-order valence-corrected chi connectivity index (χ1v) is 6.91. The lowest BCUT2D eigenvalue weighted by Crippen LogP contribution is -2.46. The van der Waals surface area contributed by atoms with E-state index < -0.39 is 5.54 Å². The molecule has 0 aromatic carbocycles. The van der Waals surface area contributed by atoms with Crippen molar-refractivity contribution in [2.45, 2.75) is 58.4 Å². The molecule has 0 bridgehead atoms. The molecule has 3 heteroatoms. The Morgan fingerprint density at radius 1 is 1.24 bits per heavy atom. The van der Waals surface area contributed by atoms with Gasteiger partial charge in [-0.05, 0) is 43.4 Å². The van der Waals surface area contributed by atoms with Crippen LogP contribution in [0.1, 0.15) is 52.9 Å². The Balaban J connectivity index is 1.94. The Hall–Kier alpha value is -0.570. The van der Waals surface area contributed by atoms with Gasteiger partial charge in [0.15, 0.2) is 0 Å². The number of carbonyl (C=O) groups excluding carboxylic acids is 1. The number of carbonyl (C=O) groups is 1. The van der Waals surface area contributed by atoms with Gasteiger partial charge in [0.05, 0.1) is 5.54 Å². The van der Waals surface area contributed by atoms with Crippen LogP contribution in [0.25, 0.3) is 0 Å². The first-order valence-electron chi connectivity index (χ1n) is 6.91. The molecule has 0 radical (unpaired) electrons. The van der Waals surface area contributed by atoms with Crippen molar-refractivity contribution in [2.24, 2.45) is 17.1 Å². The summed E-state index contributed by atoms with van der Waals surface area (Å²) in [5.74, 6) is 0.931. The van der Waals surface area contributed by atoms with Gasteiger partial charge in [-0.3, -0.25) is 4.79 Å². The molecule has 2 aliphatic rings. The van der Waals surface area contributed by atoms with Crippen molar-refractivity contribution in [3.8, 4) is 0 Å². The number of amides is 1. The molecule has 2 rings (SSSR count). The van der Waals surface area contributed by atoms with Crippen LogP contribution < -0.4 is 5.73 Å². The molecule has 1 aliphatic heterocycles. The molecule has 0 aromatic heterocycles. The standard InChI is InChI=1S/C14H26N2O/c1-13(2,3)11-5-4-9-16(10-6-11)12(17)14(15)7-8-14/h11H,4-10,15H2,1-3H3.